The van der Waals surface area contributed by atoms with Gasteiger partial charge in [-0.3, -0.25) is 0 Å². The molecule has 2 aliphatic rings. The fraction of sp³-hybridized carbons (Fsp3) is 0.0185. The second-order valence-electron chi connectivity index (χ2n) is 15.0. The first-order chi connectivity index (χ1) is 27.8. The lowest BCUT2D eigenvalue weighted by molar-refractivity contribution is 0.447. The van der Waals surface area contributed by atoms with Gasteiger partial charge in [0.2, 0.25) is 0 Å². The minimum atomic E-state index is -0.579. The Morgan fingerprint density at radius 3 is 1.61 bits per heavy atom. The Hall–Kier alpha value is -7.29. The van der Waals surface area contributed by atoms with Crippen LogP contribution in [0.4, 0.5) is 0 Å². The van der Waals surface area contributed by atoms with Crippen LogP contribution in [-0.2, 0) is 5.41 Å². The zero-order chi connectivity index (χ0) is 36.8. The molecule has 12 rings (SSSR count). The van der Waals surface area contributed by atoms with E-state index < -0.39 is 5.41 Å². The van der Waals surface area contributed by atoms with Gasteiger partial charge < -0.3 is 4.74 Å². The molecule has 0 amide bonds. The van der Waals surface area contributed by atoms with Crippen LogP contribution in [0.5, 0.6) is 11.5 Å². The first-order valence-electron chi connectivity index (χ1n) is 19.3. The molecule has 10 aromatic rings. The smallest absolute Gasteiger partial charge is 0.140 e. The molecule has 0 radical (unpaired) electrons. The van der Waals surface area contributed by atoms with Crippen molar-refractivity contribution in [3.63, 3.8) is 0 Å². The third-order valence-electron chi connectivity index (χ3n) is 12.1. The molecule has 9 aromatic carbocycles. The van der Waals surface area contributed by atoms with E-state index in [0.29, 0.717) is 0 Å². The van der Waals surface area contributed by atoms with Gasteiger partial charge in [0.05, 0.1) is 16.6 Å². The third kappa shape index (κ3) is 4.35. The van der Waals surface area contributed by atoms with Gasteiger partial charge in [-0.2, -0.15) is 0 Å². The van der Waals surface area contributed by atoms with Gasteiger partial charge in [0.1, 0.15) is 11.5 Å². The molecule has 0 bridgehead atoms. The summed E-state index contributed by atoms with van der Waals surface area (Å²) in [7, 11) is 0. The minimum Gasteiger partial charge on any atom is -0.455 e. The molecule has 2 heterocycles. The van der Waals surface area contributed by atoms with Crippen LogP contribution in [0.1, 0.15) is 22.3 Å². The number of rotatable bonds is 3. The maximum atomic E-state index is 7.13. The number of nitrogens with zero attached hydrogens (tertiary/aromatic N) is 1. The summed E-state index contributed by atoms with van der Waals surface area (Å²) in [6, 6.07) is 72.5. The highest BCUT2D eigenvalue weighted by molar-refractivity contribution is 6.01. The summed E-state index contributed by atoms with van der Waals surface area (Å²) in [5.74, 6) is 1.86. The first-order valence-corrected chi connectivity index (χ1v) is 19.3. The van der Waals surface area contributed by atoms with E-state index in [-0.39, 0.29) is 0 Å². The molecule has 0 unspecified atom stereocenters. The zero-order valence-electron chi connectivity index (χ0n) is 30.4. The van der Waals surface area contributed by atoms with E-state index in [2.05, 4.69) is 200 Å². The second-order valence-corrected chi connectivity index (χ2v) is 15.0. The molecule has 0 N–H and O–H groups in total. The summed E-state index contributed by atoms with van der Waals surface area (Å²) in [6.07, 6.45) is 0. The number of benzene rings is 9. The van der Waals surface area contributed by atoms with Gasteiger partial charge in [-0.05, 0) is 73.5 Å². The van der Waals surface area contributed by atoms with Crippen LogP contribution in [0.3, 0.4) is 0 Å². The molecule has 0 atom stereocenters. The Morgan fingerprint density at radius 2 is 0.875 bits per heavy atom. The largest absolute Gasteiger partial charge is 0.455 e. The summed E-state index contributed by atoms with van der Waals surface area (Å²) in [6.45, 7) is 0. The molecule has 1 spiro atoms. The van der Waals surface area contributed by atoms with E-state index in [0.717, 1.165) is 44.4 Å². The molecule has 0 saturated heterocycles. The maximum absolute atomic E-state index is 7.13. The van der Waals surface area contributed by atoms with Crippen LogP contribution >= 0.6 is 0 Å². The van der Waals surface area contributed by atoms with Crippen LogP contribution in [0.15, 0.2) is 200 Å². The first kappa shape index (κ1) is 31.1. The van der Waals surface area contributed by atoms with Crippen molar-refractivity contribution >= 4 is 32.4 Å². The van der Waals surface area contributed by atoms with Crippen LogP contribution in [0, 0.1) is 0 Å². The number of hydrogen-bond donors (Lipinski definition) is 0. The van der Waals surface area contributed by atoms with Gasteiger partial charge in [-0.15, -0.1) is 0 Å². The molecule has 1 aliphatic carbocycles. The van der Waals surface area contributed by atoms with Crippen molar-refractivity contribution in [3.8, 4) is 56.1 Å². The lowest BCUT2D eigenvalue weighted by atomic mass is 9.65. The average molecular weight is 712 g/mol. The van der Waals surface area contributed by atoms with Gasteiger partial charge in [-0.1, -0.05) is 182 Å². The number of para-hydroxylation sites is 1. The highest BCUT2D eigenvalue weighted by atomic mass is 16.5. The highest BCUT2D eigenvalue weighted by Crippen LogP contribution is 2.64. The Kier molecular flexibility index (Phi) is 6.58. The van der Waals surface area contributed by atoms with Crippen molar-refractivity contribution in [2.75, 3.05) is 0 Å². The zero-order valence-corrected chi connectivity index (χ0v) is 30.4. The lowest BCUT2D eigenvalue weighted by Gasteiger charge is -2.40. The molecular weight excluding hydrogens is 679 g/mol. The molecular formula is C54H33NO. The number of pyridine rings is 1. The number of hydrogen-bond acceptors (Lipinski definition) is 2. The Labute approximate surface area is 325 Å². The molecule has 2 heteroatoms. The Morgan fingerprint density at radius 1 is 0.339 bits per heavy atom. The normalized spacial score (nSPS) is 13.3. The van der Waals surface area contributed by atoms with Crippen molar-refractivity contribution in [1.82, 2.24) is 4.98 Å². The maximum Gasteiger partial charge on any atom is 0.140 e. The van der Waals surface area contributed by atoms with Crippen LogP contribution in [0.2, 0.25) is 0 Å². The standard InChI is InChI=1S/C54H33NO/c1-2-12-34(13-3-1)35-22-24-38(25-23-35)44-33-51(55-50-21-11-9-19-43(44)50)39-28-29-47-45(32-39)42-18-8-10-20-46(42)54(47)48-30-26-36-14-4-6-16-40(36)52(48)56-53-41-17-7-5-15-37(41)27-31-49(53)54/h1-33H. The molecule has 1 aliphatic heterocycles. The van der Waals surface area contributed by atoms with Crippen molar-refractivity contribution in [3.05, 3.63) is 222 Å². The van der Waals surface area contributed by atoms with Gasteiger partial charge in [0.25, 0.3) is 0 Å². The van der Waals surface area contributed by atoms with E-state index in [4.69, 9.17) is 9.72 Å². The molecule has 0 fully saturated rings. The van der Waals surface area contributed by atoms with Crippen LogP contribution in [-0.4, -0.2) is 4.98 Å². The molecule has 2 nitrogen and oxygen atoms in total. The van der Waals surface area contributed by atoms with Crippen molar-refractivity contribution in [2.24, 2.45) is 0 Å². The van der Waals surface area contributed by atoms with E-state index >= 15 is 0 Å². The predicted octanol–water partition coefficient (Wildman–Crippen LogP) is 14.0. The quantitative estimate of drug-likeness (QED) is 0.182. The summed E-state index contributed by atoms with van der Waals surface area (Å²) in [4.78, 5) is 5.30. The van der Waals surface area contributed by atoms with Gasteiger partial charge in [0, 0.05) is 32.8 Å². The topological polar surface area (TPSA) is 22.1 Å². The molecule has 0 saturated carbocycles. The summed E-state index contributed by atoms with van der Waals surface area (Å²) < 4.78 is 7.13. The van der Waals surface area contributed by atoms with Gasteiger partial charge in [-0.25, -0.2) is 4.98 Å². The van der Waals surface area contributed by atoms with E-state index in [1.807, 2.05) is 0 Å². The minimum absolute atomic E-state index is 0.579. The molecule has 56 heavy (non-hydrogen) atoms. The van der Waals surface area contributed by atoms with Crippen molar-refractivity contribution < 1.29 is 4.74 Å². The second kappa shape index (κ2) is 11.9. The summed E-state index contributed by atoms with van der Waals surface area (Å²) >= 11 is 0. The summed E-state index contributed by atoms with van der Waals surface area (Å²) in [5.41, 5.74) is 14.5. The van der Waals surface area contributed by atoms with E-state index in [1.54, 1.807) is 0 Å². The number of fused-ring (bicyclic) bond motifs is 14. The Bertz CT molecular complexity index is 3130. The van der Waals surface area contributed by atoms with E-state index in [9.17, 15) is 0 Å². The monoisotopic (exact) mass is 711 g/mol. The van der Waals surface area contributed by atoms with Crippen LogP contribution < -0.4 is 4.74 Å². The van der Waals surface area contributed by atoms with Crippen LogP contribution in [0.25, 0.3) is 77.1 Å². The average Bonchev–Trinajstić information content (AvgIpc) is 3.56. The van der Waals surface area contributed by atoms with E-state index in [1.165, 1.54) is 66.4 Å². The number of aromatic nitrogens is 1. The highest BCUT2D eigenvalue weighted by Gasteiger charge is 2.51. The molecule has 260 valence electrons. The van der Waals surface area contributed by atoms with Crippen molar-refractivity contribution in [2.45, 2.75) is 5.41 Å². The van der Waals surface area contributed by atoms with Gasteiger partial charge >= 0.3 is 0 Å². The SMILES string of the molecule is c1ccc(-c2ccc(-c3cc(-c4ccc5c(c4)-c4ccccc4C54c5ccc6ccccc6c5Oc5c4ccc4ccccc54)nc4ccccc34)cc2)cc1. The predicted molar refractivity (Wildman–Crippen MR) is 230 cm³/mol. The van der Waals surface area contributed by atoms with Gasteiger partial charge in [0.15, 0.2) is 0 Å². The summed E-state index contributed by atoms with van der Waals surface area (Å²) in [5, 5.41) is 5.72. The van der Waals surface area contributed by atoms with Crippen molar-refractivity contribution in [1.29, 1.82) is 0 Å². The third-order valence-corrected chi connectivity index (χ3v) is 12.1. The fourth-order valence-corrected chi connectivity index (χ4v) is 9.60. The number of ether oxygens (including phenoxy) is 1. The fourth-order valence-electron chi connectivity index (χ4n) is 9.60. The molecule has 1 aromatic heterocycles. The Balaban J connectivity index is 1.09. The lowest BCUT2D eigenvalue weighted by Crippen LogP contribution is -2.32.